The molecule has 0 aromatic carbocycles. The Labute approximate surface area is 211 Å². The predicted octanol–water partition coefficient (Wildman–Crippen LogP) is 10.1. The van der Waals surface area contributed by atoms with E-state index in [0.717, 1.165) is 24.2 Å². The maximum absolute atomic E-state index is 5.43. The van der Waals surface area contributed by atoms with E-state index in [1.54, 1.807) is 0 Å². The summed E-state index contributed by atoms with van der Waals surface area (Å²) in [6.07, 6.45) is 26.6. The molecule has 0 bridgehead atoms. The molecule has 1 nitrogen and oxygen atoms in total. The summed E-state index contributed by atoms with van der Waals surface area (Å²) < 4.78 is 5.43. The van der Waals surface area contributed by atoms with Gasteiger partial charge in [0.25, 0.3) is 0 Å². The standard InChI is InChI=1S/C20H38NP.C8H14.Ti/c1-17(2)11-14-22(15-12-18(3)4,16-13-19(5)6)21-20-9-7-8-10-20;1-3-5-7-8-6-4-2;/h7-9,17-19H,10-16H2,1-6H3;3,5,7-8H,4,6H2,1-2H3;. The molecule has 1 rings (SSSR count). The number of hydrogen-bond donors (Lipinski definition) is 0. The van der Waals surface area contributed by atoms with Gasteiger partial charge < -0.3 is 0 Å². The molecule has 0 aromatic heterocycles. The van der Waals surface area contributed by atoms with E-state index in [4.69, 9.17) is 4.74 Å². The van der Waals surface area contributed by atoms with Gasteiger partial charge in [-0.1, -0.05) is 91.3 Å². The number of rotatable bonds is 13. The first-order valence-corrected chi connectivity index (χ1v) is 14.8. The Morgan fingerprint density at radius 3 is 1.77 bits per heavy atom. The van der Waals surface area contributed by atoms with E-state index in [2.05, 4.69) is 84.9 Å². The van der Waals surface area contributed by atoms with Crippen molar-refractivity contribution in [1.29, 1.82) is 0 Å². The molecule has 178 valence electrons. The average Bonchev–Trinajstić information content (AvgIpc) is 3.19. The Morgan fingerprint density at radius 2 is 1.42 bits per heavy atom. The Hall–Kier alpha value is -0.0957. The second-order valence-electron chi connectivity index (χ2n) is 9.95. The molecule has 1 aliphatic rings. The summed E-state index contributed by atoms with van der Waals surface area (Å²) in [6, 6.07) is 0. The minimum Gasteiger partial charge on any atom is -0.272 e. The Bertz CT molecular complexity index is 556. The quantitative estimate of drug-likeness (QED) is 0.141. The van der Waals surface area contributed by atoms with Crippen LogP contribution in [0.3, 0.4) is 0 Å². The van der Waals surface area contributed by atoms with Crippen LogP contribution in [0.2, 0.25) is 0 Å². The van der Waals surface area contributed by atoms with Crippen molar-refractivity contribution < 1.29 is 21.7 Å². The smallest absolute Gasteiger partial charge is 0.0425 e. The summed E-state index contributed by atoms with van der Waals surface area (Å²) in [5, 5.41) is 0. The summed E-state index contributed by atoms with van der Waals surface area (Å²) in [7, 11) is -1.19. The van der Waals surface area contributed by atoms with Crippen LogP contribution in [0.15, 0.2) is 53.0 Å². The second kappa shape index (κ2) is 20.5. The third-order valence-electron chi connectivity index (χ3n) is 5.36. The zero-order valence-electron chi connectivity index (χ0n) is 22.0. The van der Waals surface area contributed by atoms with Gasteiger partial charge in [0, 0.05) is 33.8 Å². The van der Waals surface area contributed by atoms with Gasteiger partial charge in [-0.3, -0.25) is 4.74 Å². The van der Waals surface area contributed by atoms with Gasteiger partial charge in [0.05, 0.1) is 0 Å². The topological polar surface area (TPSA) is 12.4 Å². The molecular formula is C28H52NPTi. The third kappa shape index (κ3) is 19.1. The maximum Gasteiger partial charge on any atom is 0.0425 e. The van der Waals surface area contributed by atoms with E-state index < -0.39 is 7.05 Å². The molecule has 0 aromatic rings. The Morgan fingerprint density at radius 1 is 0.903 bits per heavy atom. The first-order chi connectivity index (χ1) is 14.2. The van der Waals surface area contributed by atoms with Crippen LogP contribution < -0.4 is 0 Å². The van der Waals surface area contributed by atoms with Crippen LogP contribution in [-0.2, 0) is 21.7 Å². The zero-order valence-corrected chi connectivity index (χ0v) is 24.5. The molecule has 0 heterocycles. The molecule has 0 saturated heterocycles. The van der Waals surface area contributed by atoms with E-state index >= 15 is 0 Å². The van der Waals surface area contributed by atoms with E-state index in [-0.39, 0.29) is 21.7 Å². The van der Waals surface area contributed by atoms with Gasteiger partial charge in [-0.05, 0) is 82.0 Å². The maximum atomic E-state index is 5.43. The van der Waals surface area contributed by atoms with Gasteiger partial charge in [-0.2, -0.15) is 0 Å². The Balaban J connectivity index is 0. The SMILES string of the molecule is CC(C)CCP(CCC(C)C)(CCC(C)C)=NC1=CC=CC1.CC=CC=CCCC.[Ti]. The van der Waals surface area contributed by atoms with Crippen molar-refractivity contribution in [2.24, 2.45) is 22.5 Å². The van der Waals surface area contributed by atoms with Gasteiger partial charge in [0.2, 0.25) is 0 Å². The van der Waals surface area contributed by atoms with Crippen LogP contribution in [0.5, 0.6) is 0 Å². The Kier molecular flexibility index (Phi) is 21.9. The number of unbranched alkanes of at least 4 members (excludes halogenated alkanes) is 1. The monoisotopic (exact) mass is 481 g/mol. The summed E-state index contributed by atoms with van der Waals surface area (Å²) in [5.41, 5.74) is 1.35. The summed E-state index contributed by atoms with van der Waals surface area (Å²) in [4.78, 5) is 0. The van der Waals surface area contributed by atoms with Crippen molar-refractivity contribution >= 4 is 7.05 Å². The van der Waals surface area contributed by atoms with Crippen molar-refractivity contribution in [3.63, 3.8) is 0 Å². The van der Waals surface area contributed by atoms with Gasteiger partial charge in [-0.15, -0.1) is 0 Å². The van der Waals surface area contributed by atoms with E-state index in [9.17, 15) is 0 Å². The van der Waals surface area contributed by atoms with Crippen LogP contribution in [0.4, 0.5) is 0 Å². The van der Waals surface area contributed by atoms with Crippen LogP contribution in [-0.4, -0.2) is 18.5 Å². The van der Waals surface area contributed by atoms with Crippen LogP contribution >= 0.6 is 7.05 Å². The molecule has 0 radical (unpaired) electrons. The first kappa shape index (κ1) is 33.1. The fourth-order valence-corrected chi connectivity index (χ4v) is 7.87. The largest absolute Gasteiger partial charge is 0.272 e. The van der Waals surface area contributed by atoms with Crippen LogP contribution in [0, 0.1) is 17.8 Å². The number of allylic oxidation sites excluding steroid dienone is 7. The molecular weight excluding hydrogens is 429 g/mol. The van der Waals surface area contributed by atoms with Crippen LogP contribution in [0.25, 0.3) is 0 Å². The van der Waals surface area contributed by atoms with Crippen molar-refractivity contribution in [2.75, 3.05) is 18.5 Å². The summed E-state index contributed by atoms with van der Waals surface area (Å²) >= 11 is 0. The van der Waals surface area contributed by atoms with Gasteiger partial charge in [0.1, 0.15) is 0 Å². The molecule has 0 atom stereocenters. The minimum atomic E-state index is -1.19. The molecule has 0 spiro atoms. The fraction of sp³-hybridized carbons (Fsp3) is 0.714. The van der Waals surface area contributed by atoms with E-state index in [0.29, 0.717) is 0 Å². The molecule has 31 heavy (non-hydrogen) atoms. The molecule has 0 fully saturated rings. The minimum absolute atomic E-state index is 0. The normalized spacial score (nSPS) is 13.8. The average molecular weight is 482 g/mol. The first-order valence-electron chi connectivity index (χ1n) is 12.5. The molecule has 0 N–H and O–H groups in total. The molecule has 0 saturated carbocycles. The van der Waals surface area contributed by atoms with E-state index in [1.165, 1.54) is 56.3 Å². The number of hydrogen-bond acceptors (Lipinski definition) is 1. The van der Waals surface area contributed by atoms with Crippen molar-refractivity contribution in [3.8, 4) is 0 Å². The van der Waals surface area contributed by atoms with Crippen molar-refractivity contribution in [3.05, 3.63) is 48.2 Å². The zero-order chi connectivity index (χ0) is 22.8. The van der Waals surface area contributed by atoms with Crippen molar-refractivity contribution in [2.45, 2.75) is 93.9 Å². The third-order valence-corrected chi connectivity index (χ3v) is 9.31. The molecule has 0 aliphatic heterocycles. The van der Waals surface area contributed by atoms with E-state index in [1.807, 2.05) is 13.0 Å². The molecule has 0 unspecified atom stereocenters. The number of nitrogens with zero attached hydrogens (tertiary/aromatic N) is 1. The summed E-state index contributed by atoms with van der Waals surface area (Å²) in [5.74, 6) is 2.38. The molecule has 1 aliphatic carbocycles. The van der Waals surface area contributed by atoms with Crippen molar-refractivity contribution in [1.82, 2.24) is 0 Å². The van der Waals surface area contributed by atoms with Gasteiger partial charge in [-0.25, -0.2) is 0 Å². The second-order valence-corrected chi connectivity index (χ2v) is 13.7. The van der Waals surface area contributed by atoms with Gasteiger partial charge >= 0.3 is 0 Å². The predicted molar refractivity (Wildman–Crippen MR) is 143 cm³/mol. The molecule has 3 heteroatoms. The fourth-order valence-electron chi connectivity index (χ4n) is 3.22. The molecule has 0 amide bonds. The van der Waals surface area contributed by atoms with Gasteiger partial charge in [0.15, 0.2) is 0 Å². The van der Waals surface area contributed by atoms with Crippen LogP contribution in [0.1, 0.15) is 93.9 Å². The summed E-state index contributed by atoms with van der Waals surface area (Å²) in [6.45, 7) is 18.3.